The van der Waals surface area contributed by atoms with Crippen LogP contribution in [0.5, 0.6) is 17.2 Å². The number of fused-ring (bicyclic) bond motifs is 1. The van der Waals surface area contributed by atoms with Crippen LogP contribution < -0.4 is 14.2 Å². The standard InChI is InChI=1S/C19H13Cl2NO4S/c20-16-9-8-14(10-17(16)21)26-13-6-4-12(5-7-13)15-2-1-3-18-19(15)22-27(23,24)11-25-18/h1-10,22H,11H2. The Balaban J connectivity index is 1.62. The summed E-state index contributed by atoms with van der Waals surface area (Å²) >= 11 is 11.9. The summed E-state index contributed by atoms with van der Waals surface area (Å²) in [6.45, 7) is 0. The summed E-state index contributed by atoms with van der Waals surface area (Å²) in [5.41, 5.74) is 1.97. The molecule has 1 aliphatic rings. The van der Waals surface area contributed by atoms with Gasteiger partial charge in [-0.3, -0.25) is 4.72 Å². The number of para-hydroxylation sites is 1. The van der Waals surface area contributed by atoms with Gasteiger partial charge < -0.3 is 9.47 Å². The second kappa shape index (κ2) is 6.96. The van der Waals surface area contributed by atoms with Crippen molar-refractivity contribution in [3.8, 4) is 28.4 Å². The molecule has 4 rings (SSSR count). The van der Waals surface area contributed by atoms with Crippen LogP contribution in [0.3, 0.4) is 0 Å². The Morgan fingerprint density at radius 2 is 1.67 bits per heavy atom. The Morgan fingerprint density at radius 3 is 2.41 bits per heavy atom. The predicted octanol–water partition coefficient (Wildman–Crippen LogP) is 5.54. The zero-order valence-electron chi connectivity index (χ0n) is 13.8. The van der Waals surface area contributed by atoms with Gasteiger partial charge >= 0.3 is 0 Å². The fourth-order valence-corrected chi connectivity index (χ4v) is 3.85. The highest BCUT2D eigenvalue weighted by Gasteiger charge is 2.24. The summed E-state index contributed by atoms with van der Waals surface area (Å²) < 4.78 is 37.3. The lowest BCUT2D eigenvalue weighted by atomic mass is 10.0. The van der Waals surface area contributed by atoms with Crippen molar-refractivity contribution in [1.29, 1.82) is 0 Å². The molecule has 1 N–H and O–H groups in total. The van der Waals surface area contributed by atoms with Crippen molar-refractivity contribution in [3.63, 3.8) is 0 Å². The Morgan fingerprint density at radius 1 is 0.926 bits per heavy atom. The van der Waals surface area contributed by atoms with E-state index in [1.165, 1.54) is 0 Å². The van der Waals surface area contributed by atoms with Crippen LogP contribution in [-0.2, 0) is 10.0 Å². The second-order valence-electron chi connectivity index (χ2n) is 5.86. The molecule has 138 valence electrons. The number of nitrogens with one attached hydrogen (secondary N) is 1. The number of sulfonamides is 1. The van der Waals surface area contributed by atoms with Gasteiger partial charge in [-0.1, -0.05) is 47.5 Å². The Labute approximate surface area is 166 Å². The molecule has 1 aliphatic heterocycles. The number of anilines is 1. The van der Waals surface area contributed by atoms with Gasteiger partial charge in [0.15, 0.2) is 0 Å². The normalized spacial score (nSPS) is 14.6. The van der Waals surface area contributed by atoms with Crippen LogP contribution in [0, 0.1) is 0 Å². The summed E-state index contributed by atoms with van der Waals surface area (Å²) in [5.74, 6) is 1.28. The minimum absolute atomic E-state index is 0.389. The lowest BCUT2D eigenvalue weighted by molar-refractivity contribution is 0.374. The van der Waals surface area contributed by atoms with Gasteiger partial charge in [-0.2, -0.15) is 0 Å². The van der Waals surface area contributed by atoms with Crippen molar-refractivity contribution in [2.24, 2.45) is 0 Å². The van der Waals surface area contributed by atoms with Crippen LogP contribution in [0.1, 0.15) is 0 Å². The van der Waals surface area contributed by atoms with Crippen molar-refractivity contribution in [2.45, 2.75) is 0 Å². The average molecular weight is 422 g/mol. The Hall–Kier alpha value is -2.41. The largest absolute Gasteiger partial charge is 0.474 e. The number of hydrogen-bond donors (Lipinski definition) is 1. The predicted molar refractivity (Wildman–Crippen MR) is 106 cm³/mol. The first-order valence-corrected chi connectivity index (χ1v) is 10.3. The van der Waals surface area contributed by atoms with Gasteiger partial charge in [0.2, 0.25) is 5.94 Å². The molecule has 0 spiro atoms. The number of rotatable bonds is 3. The molecule has 27 heavy (non-hydrogen) atoms. The van der Waals surface area contributed by atoms with Crippen LogP contribution in [0.2, 0.25) is 10.0 Å². The van der Waals surface area contributed by atoms with Crippen LogP contribution in [0.15, 0.2) is 60.7 Å². The highest BCUT2D eigenvalue weighted by atomic mass is 35.5. The monoisotopic (exact) mass is 421 g/mol. The third kappa shape index (κ3) is 3.83. The molecule has 0 saturated heterocycles. The summed E-state index contributed by atoms with van der Waals surface area (Å²) in [7, 11) is -3.50. The fourth-order valence-electron chi connectivity index (χ4n) is 2.70. The molecule has 3 aromatic carbocycles. The van der Waals surface area contributed by atoms with E-state index < -0.39 is 10.0 Å². The maximum absolute atomic E-state index is 11.8. The minimum Gasteiger partial charge on any atom is -0.474 e. The highest BCUT2D eigenvalue weighted by Crippen LogP contribution is 2.39. The van der Waals surface area contributed by atoms with Crippen molar-refractivity contribution < 1.29 is 17.9 Å². The molecule has 0 saturated carbocycles. The average Bonchev–Trinajstić information content (AvgIpc) is 2.64. The van der Waals surface area contributed by atoms with Gasteiger partial charge in [0.05, 0.1) is 15.7 Å². The molecule has 0 unspecified atom stereocenters. The first kappa shape index (κ1) is 18.0. The number of hydrogen-bond acceptors (Lipinski definition) is 4. The number of benzene rings is 3. The molecule has 0 radical (unpaired) electrons. The van der Waals surface area contributed by atoms with E-state index in [0.29, 0.717) is 33.0 Å². The summed E-state index contributed by atoms with van der Waals surface area (Å²) in [4.78, 5) is 0. The Kier molecular flexibility index (Phi) is 4.63. The smallest absolute Gasteiger partial charge is 0.268 e. The van der Waals surface area contributed by atoms with Gasteiger partial charge in [-0.25, -0.2) is 8.42 Å². The Bertz CT molecular complexity index is 1120. The molecule has 0 bridgehead atoms. The van der Waals surface area contributed by atoms with Crippen molar-refractivity contribution in [2.75, 3.05) is 10.7 Å². The molecule has 8 heteroatoms. The van der Waals surface area contributed by atoms with Crippen LogP contribution in [-0.4, -0.2) is 14.4 Å². The van der Waals surface area contributed by atoms with Crippen LogP contribution >= 0.6 is 23.2 Å². The lowest BCUT2D eigenvalue weighted by Gasteiger charge is -2.22. The van der Waals surface area contributed by atoms with Crippen molar-refractivity contribution in [1.82, 2.24) is 0 Å². The van der Waals surface area contributed by atoms with Crippen LogP contribution in [0.4, 0.5) is 5.69 Å². The third-order valence-electron chi connectivity index (χ3n) is 3.95. The quantitative estimate of drug-likeness (QED) is 0.602. The van der Waals surface area contributed by atoms with E-state index >= 15 is 0 Å². The third-order valence-corrected chi connectivity index (χ3v) is 5.63. The molecule has 0 fully saturated rings. The van der Waals surface area contributed by atoms with E-state index in [9.17, 15) is 8.42 Å². The lowest BCUT2D eigenvalue weighted by Crippen LogP contribution is -2.25. The zero-order valence-corrected chi connectivity index (χ0v) is 16.1. The molecule has 0 aromatic heterocycles. The molecular formula is C19H13Cl2NO4S. The van der Waals surface area contributed by atoms with E-state index in [1.54, 1.807) is 36.4 Å². The van der Waals surface area contributed by atoms with Gasteiger partial charge in [0.25, 0.3) is 10.0 Å². The maximum atomic E-state index is 11.8. The van der Waals surface area contributed by atoms with E-state index in [-0.39, 0.29) is 5.94 Å². The van der Waals surface area contributed by atoms with Gasteiger partial charge in [0.1, 0.15) is 17.2 Å². The summed E-state index contributed by atoms with van der Waals surface area (Å²) in [6, 6.07) is 17.6. The van der Waals surface area contributed by atoms with E-state index in [0.717, 1.165) is 11.1 Å². The van der Waals surface area contributed by atoms with Crippen molar-refractivity contribution in [3.05, 3.63) is 70.7 Å². The number of ether oxygens (including phenoxy) is 2. The fraction of sp³-hybridized carbons (Fsp3) is 0.0526. The first-order valence-electron chi connectivity index (χ1n) is 7.91. The number of halogens is 2. The SMILES string of the molecule is O=S1(=O)COc2cccc(-c3ccc(Oc4ccc(Cl)c(Cl)c4)cc3)c2N1. The van der Waals surface area contributed by atoms with E-state index in [4.69, 9.17) is 32.7 Å². The first-order chi connectivity index (χ1) is 12.9. The van der Waals surface area contributed by atoms with E-state index in [1.807, 2.05) is 24.3 Å². The molecule has 0 atom stereocenters. The molecule has 0 amide bonds. The zero-order chi connectivity index (χ0) is 19.0. The highest BCUT2D eigenvalue weighted by molar-refractivity contribution is 7.92. The second-order valence-corrected chi connectivity index (χ2v) is 8.34. The molecule has 5 nitrogen and oxygen atoms in total. The maximum Gasteiger partial charge on any atom is 0.268 e. The van der Waals surface area contributed by atoms with Crippen molar-refractivity contribution >= 4 is 38.9 Å². The van der Waals surface area contributed by atoms with Gasteiger partial charge in [-0.05, 0) is 35.9 Å². The topological polar surface area (TPSA) is 64.6 Å². The molecular weight excluding hydrogens is 409 g/mol. The molecule has 1 heterocycles. The van der Waals surface area contributed by atoms with Crippen LogP contribution in [0.25, 0.3) is 11.1 Å². The summed E-state index contributed by atoms with van der Waals surface area (Å²) in [6.07, 6.45) is 0. The molecule has 3 aromatic rings. The summed E-state index contributed by atoms with van der Waals surface area (Å²) in [5, 5.41) is 0.867. The van der Waals surface area contributed by atoms with Gasteiger partial charge in [0, 0.05) is 11.6 Å². The minimum atomic E-state index is -3.50. The molecule has 0 aliphatic carbocycles. The van der Waals surface area contributed by atoms with Gasteiger partial charge in [-0.15, -0.1) is 0 Å². The van der Waals surface area contributed by atoms with E-state index in [2.05, 4.69) is 4.72 Å².